The molecular formula is C20H43O3Si2+. The van der Waals surface area contributed by atoms with E-state index in [1.54, 1.807) is 0 Å². The average molecular weight is 388 g/mol. The maximum Gasteiger partial charge on any atom is 0.300 e. The van der Waals surface area contributed by atoms with Crippen LogP contribution in [0.25, 0.3) is 0 Å². The highest BCUT2D eigenvalue weighted by atomic mass is 28.4. The third kappa shape index (κ3) is 3.69. The van der Waals surface area contributed by atoms with Crippen LogP contribution < -0.4 is 0 Å². The Labute approximate surface area is 158 Å². The molecule has 3 nitrogen and oxygen atoms in total. The van der Waals surface area contributed by atoms with Crippen LogP contribution in [0.15, 0.2) is 0 Å². The van der Waals surface area contributed by atoms with Crippen molar-refractivity contribution in [2.45, 2.75) is 122 Å². The van der Waals surface area contributed by atoms with Crippen LogP contribution in [0.2, 0.25) is 36.3 Å². The number of fused-ring (bicyclic) bond motifs is 1. The molecular weight excluding hydrogens is 344 g/mol. The van der Waals surface area contributed by atoms with Gasteiger partial charge < -0.3 is 4.43 Å². The average Bonchev–Trinajstić information content (AvgIpc) is 3.23. The van der Waals surface area contributed by atoms with Gasteiger partial charge in [0.2, 0.25) is 0 Å². The highest BCUT2D eigenvalue weighted by Gasteiger charge is 2.81. The zero-order valence-electron chi connectivity index (χ0n) is 18.1. The van der Waals surface area contributed by atoms with Gasteiger partial charge in [-0.3, -0.25) is 0 Å². The highest BCUT2D eigenvalue weighted by molar-refractivity contribution is 6.74. The van der Waals surface area contributed by atoms with Gasteiger partial charge >= 0.3 is 0 Å². The van der Waals surface area contributed by atoms with E-state index in [-0.39, 0.29) is 5.60 Å². The Morgan fingerprint density at radius 2 is 1.32 bits per heavy atom. The molecule has 148 valence electrons. The van der Waals surface area contributed by atoms with Crippen LogP contribution in [0.4, 0.5) is 0 Å². The molecule has 0 bridgehead atoms. The van der Waals surface area contributed by atoms with Crippen molar-refractivity contribution in [3.63, 3.8) is 0 Å². The van der Waals surface area contributed by atoms with E-state index in [9.17, 15) is 0 Å². The topological polar surface area (TPSA) is 21.2 Å². The van der Waals surface area contributed by atoms with Gasteiger partial charge in [0, 0.05) is 13.3 Å². The first-order valence-electron chi connectivity index (χ1n) is 10.9. The molecule has 0 aromatic carbocycles. The maximum atomic E-state index is 7.05. The fourth-order valence-corrected chi connectivity index (χ4v) is 10.5. The summed E-state index contributed by atoms with van der Waals surface area (Å²) >= 11 is 0. The first kappa shape index (κ1) is 21.6. The molecule has 1 aliphatic carbocycles. The Kier molecular flexibility index (Phi) is 7.03. The number of hydrogen-bond acceptors (Lipinski definition) is 2. The van der Waals surface area contributed by atoms with Crippen LogP contribution in [0.5, 0.6) is 0 Å². The molecule has 1 saturated carbocycles. The van der Waals surface area contributed by atoms with Crippen LogP contribution in [0.1, 0.15) is 68.2 Å². The van der Waals surface area contributed by atoms with Crippen molar-refractivity contribution in [3.8, 4) is 0 Å². The van der Waals surface area contributed by atoms with Crippen molar-refractivity contribution < 1.29 is 13.5 Å². The van der Waals surface area contributed by atoms with Crippen LogP contribution >= 0.6 is 0 Å². The normalized spacial score (nSPS) is 33.4. The van der Waals surface area contributed by atoms with Crippen LogP contribution in [-0.4, -0.2) is 34.4 Å². The molecule has 2 aliphatic rings. The Morgan fingerprint density at radius 1 is 0.840 bits per heavy atom. The Morgan fingerprint density at radius 3 is 1.76 bits per heavy atom. The van der Waals surface area contributed by atoms with Crippen molar-refractivity contribution >= 4 is 16.6 Å². The predicted octanol–water partition coefficient (Wildman–Crippen LogP) is 6.44. The molecule has 1 heterocycles. The van der Waals surface area contributed by atoms with Gasteiger partial charge in [0.05, 0.1) is 0 Å². The van der Waals surface area contributed by atoms with E-state index in [1.807, 2.05) is 0 Å². The minimum Gasteiger partial charge on any atom is -0.405 e. The molecule has 25 heavy (non-hydrogen) atoms. The Bertz CT molecular complexity index is 420. The van der Waals surface area contributed by atoms with E-state index < -0.39 is 16.6 Å². The summed E-state index contributed by atoms with van der Waals surface area (Å²) in [6.07, 6.45) is 3.32. The van der Waals surface area contributed by atoms with E-state index in [1.165, 1.54) is 49.1 Å². The first-order chi connectivity index (χ1) is 11.8. The summed E-state index contributed by atoms with van der Waals surface area (Å²) in [6.45, 7) is 18.7. The van der Waals surface area contributed by atoms with Crippen molar-refractivity contribution in [2.24, 2.45) is 5.92 Å². The smallest absolute Gasteiger partial charge is 0.300 e. The van der Waals surface area contributed by atoms with Gasteiger partial charge in [0.25, 0.3) is 20.0 Å². The van der Waals surface area contributed by atoms with Gasteiger partial charge in [-0.15, -0.1) is 0 Å². The standard InChI is InChI=1S/C20H43O3Si2/c1-9-24(10-2,11-3)21-19-17(7)15-16-18-20(19,8)23(18)22-25(12-4,13-5)14-6/h17-19H,9-16H2,1-8H3/q+1/t17-,18+,19-,20+/m1/s1. The third-order valence-electron chi connectivity index (χ3n) is 7.75. The molecule has 1 aliphatic heterocycles. The van der Waals surface area contributed by atoms with E-state index in [4.69, 9.17) is 9.00 Å². The molecule has 0 amide bonds. The van der Waals surface area contributed by atoms with Crippen LogP contribution in [0.3, 0.4) is 0 Å². The van der Waals surface area contributed by atoms with Gasteiger partial charge in [-0.2, -0.15) is 4.58 Å². The molecule has 0 radical (unpaired) electrons. The summed E-state index contributed by atoms with van der Waals surface area (Å²) in [5.41, 5.74) is 0.0349. The quantitative estimate of drug-likeness (QED) is 0.186. The summed E-state index contributed by atoms with van der Waals surface area (Å²) in [6, 6.07) is 7.29. The predicted molar refractivity (Wildman–Crippen MR) is 112 cm³/mol. The number of epoxide rings is 1. The summed E-state index contributed by atoms with van der Waals surface area (Å²) < 4.78 is 17.2. The lowest BCUT2D eigenvalue weighted by molar-refractivity contribution is -0.330. The zero-order chi connectivity index (χ0) is 18.9. The summed E-state index contributed by atoms with van der Waals surface area (Å²) in [5, 5.41) is 0. The SMILES string of the molecule is CC[Si](CC)(CC)O[C@@H]1[C@H](C)CC[C@@H]2[O+](O[Si](CC)(CC)CC)[C@]12C. The molecule has 1 saturated heterocycles. The Balaban J connectivity index is 2.21. The number of hydrogen-bond donors (Lipinski definition) is 0. The van der Waals surface area contributed by atoms with Gasteiger partial charge in [-0.05, 0) is 48.6 Å². The van der Waals surface area contributed by atoms with Crippen LogP contribution in [-0.2, 0) is 13.5 Å². The van der Waals surface area contributed by atoms with E-state index in [2.05, 4.69) is 59.9 Å². The molecule has 5 heteroatoms. The minimum atomic E-state index is -1.64. The van der Waals surface area contributed by atoms with E-state index >= 15 is 0 Å². The second kappa shape index (κ2) is 8.13. The fourth-order valence-electron chi connectivity index (χ4n) is 4.99. The fraction of sp³-hybridized carbons (Fsp3) is 1.00. The van der Waals surface area contributed by atoms with Gasteiger partial charge in [0.1, 0.15) is 6.10 Å². The molecule has 2 fully saturated rings. The van der Waals surface area contributed by atoms with Gasteiger partial charge in [-0.1, -0.05) is 48.5 Å². The second-order valence-electron chi connectivity index (χ2n) is 8.63. The molecule has 4 atom stereocenters. The Hall–Kier alpha value is 0.314. The largest absolute Gasteiger partial charge is 0.405 e. The minimum absolute atomic E-state index is 0.0349. The maximum absolute atomic E-state index is 7.05. The highest BCUT2D eigenvalue weighted by Crippen LogP contribution is 2.59. The van der Waals surface area contributed by atoms with Gasteiger partial charge in [0.15, 0.2) is 8.32 Å². The molecule has 0 aromatic rings. The second-order valence-corrected chi connectivity index (χ2v) is 18.0. The third-order valence-corrected chi connectivity index (χ3v) is 16.8. The molecule has 2 rings (SSSR count). The summed E-state index contributed by atoms with van der Waals surface area (Å²) in [5.74, 6) is 0.625. The van der Waals surface area contributed by atoms with E-state index in [0.29, 0.717) is 18.1 Å². The lowest BCUT2D eigenvalue weighted by atomic mass is 9.81. The van der Waals surface area contributed by atoms with Gasteiger partial charge in [-0.25, -0.2) is 4.52 Å². The van der Waals surface area contributed by atoms with Crippen molar-refractivity contribution in [2.75, 3.05) is 0 Å². The summed E-state index contributed by atoms with van der Waals surface area (Å²) in [7, 11) is -3.25. The summed E-state index contributed by atoms with van der Waals surface area (Å²) in [4.78, 5) is 0. The van der Waals surface area contributed by atoms with Crippen LogP contribution in [0, 0.1) is 5.92 Å². The monoisotopic (exact) mass is 387 g/mol. The van der Waals surface area contributed by atoms with Crippen molar-refractivity contribution in [1.29, 1.82) is 0 Å². The zero-order valence-corrected chi connectivity index (χ0v) is 20.1. The lowest BCUT2D eigenvalue weighted by Gasteiger charge is -2.37. The molecule has 0 unspecified atom stereocenters. The first-order valence-corrected chi connectivity index (χ1v) is 16.0. The molecule has 0 aromatic heterocycles. The van der Waals surface area contributed by atoms with E-state index in [0.717, 1.165) is 0 Å². The molecule has 0 N–H and O–H groups in total. The lowest BCUT2D eigenvalue weighted by Crippen LogP contribution is -2.50. The van der Waals surface area contributed by atoms with Crippen molar-refractivity contribution in [3.05, 3.63) is 0 Å². The number of rotatable bonds is 10. The van der Waals surface area contributed by atoms with Crippen molar-refractivity contribution in [1.82, 2.24) is 0 Å². The molecule has 0 spiro atoms.